The summed E-state index contributed by atoms with van der Waals surface area (Å²) in [6, 6.07) is 12.4. The summed E-state index contributed by atoms with van der Waals surface area (Å²) < 4.78 is 6.75. The number of anilines is 1. The van der Waals surface area contributed by atoms with Crippen LogP contribution in [0.15, 0.2) is 42.0 Å². The van der Waals surface area contributed by atoms with Crippen molar-refractivity contribution in [2.75, 3.05) is 26.0 Å². The first-order chi connectivity index (χ1) is 15.3. The van der Waals surface area contributed by atoms with Gasteiger partial charge in [-0.1, -0.05) is 35.3 Å². The predicted octanol–water partition coefficient (Wildman–Crippen LogP) is 3.18. The van der Waals surface area contributed by atoms with Crippen LogP contribution in [0.1, 0.15) is 36.8 Å². The zero-order valence-corrected chi connectivity index (χ0v) is 21.2. The Hall–Kier alpha value is -1.72. The number of carbonyl (C=O) groups excluding carboxylic acids is 1. The minimum atomic E-state index is -0.183. The van der Waals surface area contributed by atoms with Gasteiger partial charge in [-0.2, -0.15) is 0 Å². The lowest BCUT2D eigenvalue weighted by molar-refractivity contribution is -0.931. The molecule has 33 heavy (non-hydrogen) atoms. The molecule has 2 aliphatic carbocycles. The van der Waals surface area contributed by atoms with Crippen LogP contribution in [-0.2, 0) is 11.3 Å². The number of amides is 1. The number of hydrogen-bond acceptors (Lipinski definition) is 2. The number of benzene rings is 2. The van der Waals surface area contributed by atoms with Gasteiger partial charge in [-0.05, 0) is 55.5 Å². The summed E-state index contributed by atoms with van der Waals surface area (Å²) in [5.41, 5.74) is 3.33. The quantitative estimate of drug-likeness (QED) is 0.632. The maximum absolute atomic E-state index is 12.8. The minimum absolute atomic E-state index is 0. The van der Waals surface area contributed by atoms with Crippen molar-refractivity contribution in [3.8, 4) is 5.75 Å². The van der Waals surface area contributed by atoms with Crippen LogP contribution in [0.2, 0.25) is 10.0 Å². The van der Waals surface area contributed by atoms with Crippen molar-refractivity contribution >= 4 is 40.9 Å². The molecule has 3 aliphatic rings. The van der Waals surface area contributed by atoms with Gasteiger partial charge in [-0.3, -0.25) is 4.79 Å². The molecule has 0 spiro atoms. The molecule has 2 aromatic rings. The molecule has 4 nitrogen and oxygen atoms in total. The van der Waals surface area contributed by atoms with E-state index in [1.807, 2.05) is 12.1 Å². The van der Waals surface area contributed by atoms with Gasteiger partial charge in [0.05, 0.1) is 30.7 Å². The van der Waals surface area contributed by atoms with Crippen LogP contribution in [0.25, 0.3) is 6.08 Å². The Morgan fingerprint density at radius 3 is 2.55 bits per heavy atom. The van der Waals surface area contributed by atoms with E-state index >= 15 is 0 Å². The fraction of sp³-hybridized carbons (Fsp3) is 0.423. The Bertz CT molecular complexity index is 1080. The zero-order chi connectivity index (χ0) is 22.5. The van der Waals surface area contributed by atoms with E-state index in [9.17, 15) is 4.79 Å². The third kappa shape index (κ3) is 5.05. The summed E-state index contributed by atoms with van der Waals surface area (Å²) in [5.74, 6) is 2.23. The van der Waals surface area contributed by atoms with Crippen molar-refractivity contribution in [2.24, 2.45) is 11.8 Å². The van der Waals surface area contributed by atoms with Gasteiger partial charge in [0, 0.05) is 34.2 Å². The maximum atomic E-state index is 12.8. The van der Waals surface area contributed by atoms with E-state index in [-0.39, 0.29) is 24.9 Å². The van der Waals surface area contributed by atoms with Gasteiger partial charge in [0.25, 0.3) is 5.91 Å². The maximum Gasteiger partial charge on any atom is 0.255 e. The largest absolute Gasteiger partial charge is 1.00 e. The van der Waals surface area contributed by atoms with Crippen LogP contribution in [0.4, 0.5) is 5.69 Å². The van der Waals surface area contributed by atoms with E-state index in [1.165, 1.54) is 31.2 Å². The monoisotopic (exact) mass is 506 g/mol. The van der Waals surface area contributed by atoms with E-state index in [0.29, 0.717) is 21.4 Å². The summed E-state index contributed by atoms with van der Waals surface area (Å²) in [6.07, 6.45) is 7.44. The first-order valence-electron chi connectivity index (χ1n) is 11.3. The molecule has 0 aromatic heterocycles. The molecule has 3 unspecified atom stereocenters. The summed E-state index contributed by atoms with van der Waals surface area (Å²) >= 11 is 12.3. The lowest BCUT2D eigenvalue weighted by Crippen LogP contribution is -3.00. The molecular weight excluding hydrogens is 479 g/mol. The standard InChI is InChI=1S/C26H28Cl2N2O2.ClH/c1-30(2,24-10-17-3-6-18(24)9-17)14-16-4-7-22(8-5-16)29-26(31)20-11-19-12-21(27)13-23(28)25(19)32-15-20;/h4-5,7-8,11-13,17-18,24H,3,6,9-10,14-15H2,1-2H3;1H. The smallest absolute Gasteiger partial charge is 0.255 e. The molecule has 2 saturated carbocycles. The van der Waals surface area contributed by atoms with E-state index in [2.05, 4.69) is 31.5 Å². The highest BCUT2D eigenvalue weighted by Crippen LogP contribution is 2.48. The van der Waals surface area contributed by atoms with Crippen LogP contribution in [0, 0.1) is 11.8 Å². The van der Waals surface area contributed by atoms with E-state index < -0.39 is 0 Å². The Kier molecular flexibility index (Phi) is 7.02. The molecule has 1 heterocycles. The number of rotatable bonds is 5. The lowest BCUT2D eigenvalue weighted by atomic mass is 9.92. The van der Waals surface area contributed by atoms with Crippen molar-refractivity contribution in [3.05, 3.63) is 63.1 Å². The van der Waals surface area contributed by atoms with Crippen LogP contribution < -0.4 is 22.5 Å². The highest BCUT2D eigenvalue weighted by Gasteiger charge is 2.47. The zero-order valence-electron chi connectivity index (χ0n) is 18.9. The van der Waals surface area contributed by atoms with Gasteiger partial charge < -0.3 is 26.9 Å². The average molecular weight is 508 g/mol. The molecule has 1 N–H and O–H groups in total. The molecule has 5 rings (SSSR count). The molecule has 3 atom stereocenters. The van der Waals surface area contributed by atoms with E-state index in [1.54, 1.807) is 18.2 Å². The van der Waals surface area contributed by atoms with E-state index in [0.717, 1.165) is 40.2 Å². The number of nitrogens with zero attached hydrogens (tertiary/aromatic N) is 1. The summed E-state index contributed by atoms with van der Waals surface area (Å²) in [4.78, 5) is 12.8. The van der Waals surface area contributed by atoms with Gasteiger partial charge in [0.1, 0.15) is 18.9 Å². The van der Waals surface area contributed by atoms with Crippen LogP contribution in [0.3, 0.4) is 0 Å². The average Bonchev–Trinajstić information content (AvgIpc) is 3.38. The Balaban J connectivity index is 0.00000259. The summed E-state index contributed by atoms with van der Waals surface area (Å²) in [5, 5.41) is 3.94. The Labute approximate surface area is 211 Å². The molecular formula is C26H29Cl3N2O2. The third-order valence-corrected chi connectivity index (χ3v) is 7.93. The van der Waals surface area contributed by atoms with Gasteiger partial charge >= 0.3 is 0 Å². The highest BCUT2D eigenvalue weighted by atomic mass is 35.5. The fourth-order valence-electron chi connectivity index (χ4n) is 5.91. The van der Waals surface area contributed by atoms with Crippen molar-refractivity contribution in [2.45, 2.75) is 38.3 Å². The van der Waals surface area contributed by atoms with Crippen molar-refractivity contribution in [3.63, 3.8) is 0 Å². The van der Waals surface area contributed by atoms with Gasteiger partial charge in [-0.15, -0.1) is 0 Å². The van der Waals surface area contributed by atoms with Crippen LogP contribution in [-0.4, -0.2) is 37.1 Å². The van der Waals surface area contributed by atoms with Crippen LogP contribution >= 0.6 is 23.2 Å². The Morgan fingerprint density at radius 1 is 1.12 bits per heavy atom. The number of halogens is 3. The number of carbonyl (C=O) groups is 1. The molecule has 1 aliphatic heterocycles. The number of quaternary nitrogens is 1. The normalized spacial score (nSPS) is 23.3. The number of nitrogens with one attached hydrogen (secondary N) is 1. The molecule has 1 amide bonds. The molecule has 7 heteroatoms. The first-order valence-corrected chi connectivity index (χ1v) is 12.1. The second kappa shape index (κ2) is 9.50. The number of fused-ring (bicyclic) bond motifs is 3. The Morgan fingerprint density at radius 2 is 1.88 bits per heavy atom. The van der Waals surface area contributed by atoms with Crippen molar-refractivity contribution < 1.29 is 26.4 Å². The molecule has 2 bridgehead atoms. The van der Waals surface area contributed by atoms with E-state index in [4.69, 9.17) is 27.9 Å². The molecule has 176 valence electrons. The van der Waals surface area contributed by atoms with Gasteiger partial charge in [0.15, 0.2) is 0 Å². The summed E-state index contributed by atoms with van der Waals surface area (Å²) in [7, 11) is 4.74. The minimum Gasteiger partial charge on any atom is -1.00 e. The molecule has 0 radical (unpaired) electrons. The summed E-state index contributed by atoms with van der Waals surface area (Å²) in [6.45, 7) is 1.19. The number of hydrogen-bond donors (Lipinski definition) is 1. The number of ether oxygens (including phenoxy) is 1. The van der Waals surface area contributed by atoms with Crippen molar-refractivity contribution in [1.82, 2.24) is 0 Å². The molecule has 2 fully saturated rings. The lowest BCUT2D eigenvalue weighted by Gasteiger charge is -2.40. The first kappa shape index (κ1) is 24.4. The van der Waals surface area contributed by atoms with Gasteiger partial charge in [-0.25, -0.2) is 0 Å². The molecule has 2 aromatic carbocycles. The second-order valence-corrected chi connectivity index (χ2v) is 10.9. The molecule has 0 saturated heterocycles. The third-order valence-electron chi connectivity index (χ3n) is 7.43. The second-order valence-electron chi connectivity index (χ2n) is 10.1. The SMILES string of the molecule is C[N+](C)(Cc1ccc(NC(=O)C2=Cc3cc(Cl)cc(Cl)c3OC2)cc1)C1CC2CCC1C2.[Cl-]. The topological polar surface area (TPSA) is 38.3 Å². The van der Waals surface area contributed by atoms with Gasteiger partial charge in [0.2, 0.25) is 0 Å². The van der Waals surface area contributed by atoms with Crippen molar-refractivity contribution in [1.29, 1.82) is 0 Å². The predicted molar refractivity (Wildman–Crippen MR) is 130 cm³/mol. The highest BCUT2D eigenvalue weighted by molar-refractivity contribution is 6.36. The van der Waals surface area contributed by atoms with Crippen LogP contribution in [0.5, 0.6) is 5.75 Å². The fourth-order valence-corrected chi connectivity index (χ4v) is 6.47.